The van der Waals surface area contributed by atoms with Crippen LogP contribution in [-0.4, -0.2) is 55.1 Å². The van der Waals surface area contributed by atoms with E-state index in [0.29, 0.717) is 12.3 Å². The van der Waals surface area contributed by atoms with Gasteiger partial charge in [0.2, 0.25) is 0 Å². The Bertz CT molecular complexity index is 731. The zero-order valence-electron chi connectivity index (χ0n) is 19.4. The predicted molar refractivity (Wildman–Crippen MR) is 141 cm³/mol. The Morgan fingerprint density at radius 2 is 1.84 bits per heavy atom. The third-order valence-electron chi connectivity index (χ3n) is 6.44. The van der Waals surface area contributed by atoms with E-state index in [1.54, 1.807) is 0 Å². The van der Waals surface area contributed by atoms with Gasteiger partial charge in [-0.15, -0.1) is 24.0 Å². The van der Waals surface area contributed by atoms with E-state index in [2.05, 4.69) is 22.5 Å². The van der Waals surface area contributed by atoms with Crippen molar-refractivity contribution in [3.63, 3.8) is 0 Å². The Kier molecular flexibility index (Phi) is 11.6. The zero-order chi connectivity index (χ0) is 21.9. The molecule has 180 valence electrons. The van der Waals surface area contributed by atoms with Gasteiger partial charge in [0.05, 0.1) is 6.54 Å². The standard InChI is InChI=1S/C24H39N5O2.HI/c1-2-26-23(27-17-20-10-9-11-21(16-20)31-18-22(25)30)28-19-24(12-5-3-6-13-24)29-14-7-4-8-15-29;/h9-11,16H,2-8,12-15,17-19H2,1H3,(H2,25,30)(H2,26,27,28);1H. The van der Waals surface area contributed by atoms with Crippen LogP contribution in [0.25, 0.3) is 0 Å². The van der Waals surface area contributed by atoms with Gasteiger partial charge in [0, 0.05) is 18.6 Å². The third kappa shape index (κ3) is 8.10. The number of aliphatic imine (C=N–C) groups is 1. The maximum absolute atomic E-state index is 10.9. The summed E-state index contributed by atoms with van der Waals surface area (Å²) in [4.78, 5) is 18.5. The molecule has 2 fully saturated rings. The summed E-state index contributed by atoms with van der Waals surface area (Å²) < 4.78 is 5.41. The number of primary amides is 1. The normalized spacial score (nSPS) is 19.0. The first-order chi connectivity index (χ1) is 15.1. The Morgan fingerprint density at radius 3 is 2.53 bits per heavy atom. The van der Waals surface area contributed by atoms with Crippen LogP contribution in [0.2, 0.25) is 0 Å². The van der Waals surface area contributed by atoms with Gasteiger partial charge in [0.25, 0.3) is 5.91 Å². The lowest BCUT2D eigenvalue weighted by Gasteiger charge is -2.48. The van der Waals surface area contributed by atoms with E-state index in [9.17, 15) is 4.79 Å². The largest absolute Gasteiger partial charge is 0.484 e. The van der Waals surface area contributed by atoms with E-state index in [0.717, 1.165) is 24.6 Å². The number of hydrogen-bond acceptors (Lipinski definition) is 4. The molecule has 2 aliphatic rings. The van der Waals surface area contributed by atoms with Gasteiger partial charge < -0.3 is 21.1 Å². The molecule has 1 aliphatic heterocycles. The second kappa shape index (κ2) is 13.9. The van der Waals surface area contributed by atoms with E-state index in [1.807, 2.05) is 24.3 Å². The summed E-state index contributed by atoms with van der Waals surface area (Å²) in [5.41, 5.74) is 6.46. The molecular formula is C24H40IN5O2. The van der Waals surface area contributed by atoms with Crippen molar-refractivity contribution in [3.05, 3.63) is 29.8 Å². The molecule has 0 radical (unpaired) electrons. The number of nitrogens with one attached hydrogen (secondary N) is 2. The summed E-state index contributed by atoms with van der Waals surface area (Å²) in [6.07, 6.45) is 10.6. The lowest BCUT2D eigenvalue weighted by Crippen LogP contribution is -2.59. The Balaban J connectivity index is 0.00000363. The zero-order valence-corrected chi connectivity index (χ0v) is 21.7. The SMILES string of the molecule is CCNC(=NCc1cccc(OCC(N)=O)c1)NCC1(N2CCCCC2)CCCCC1.I. The summed E-state index contributed by atoms with van der Waals surface area (Å²) in [6, 6.07) is 7.66. The van der Waals surface area contributed by atoms with Gasteiger partial charge in [-0.3, -0.25) is 9.69 Å². The number of benzene rings is 1. The number of piperidine rings is 1. The number of hydrogen-bond donors (Lipinski definition) is 3. The van der Waals surface area contributed by atoms with Crippen molar-refractivity contribution in [2.75, 3.05) is 32.8 Å². The smallest absolute Gasteiger partial charge is 0.255 e. The molecule has 32 heavy (non-hydrogen) atoms. The van der Waals surface area contributed by atoms with Crippen molar-refractivity contribution in [2.24, 2.45) is 10.7 Å². The molecule has 1 saturated heterocycles. The molecule has 0 atom stereocenters. The van der Waals surface area contributed by atoms with E-state index in [4.69, 9.17) is 15.5 Å². The highest BCUT2D eigenvalue weighted by Gasteiger charge is 2.38. The molecule has 8 heteroatoms. The fourth-order valence-electron chi connectivity index (χ4n) is 4.83. The van der Waals surface area contributed by atoms with Crippen LogP contribution in [0.5, 0.6) is 5.75 Å². The maximum atomic E-state index is 10.9. The molecule has 1 aromatic carbocycles. The van der Waals surface area contributed by atoms with Gasteiger partial charge >= 0.3 is 0 Å². The van der Waals surface area contributed by atoms with Crippen LogP contribution >= 0.6 is 24.0 Å². The number of carbonyl (C=O) groups excluding carboxylic acids is 1. The first-order valence-electron chi connectivity index (χ1n) is 11.9. The van der Waals surface area contributed by atoms with Crippen molar-refractivity contribution >= 4 is 35.8 Å². The topological polar surface area (TPSA) is 92.0 Å². The Morgan fingerprint density at radius 1 is 1.12 bits per heavy atom. The average molecular weight is 558 g/mol. The molecule has 1 heterocycles. The summed E-state index contributed by atoms with van der Waals surface area (Å²) in [5.74, 6) is 1.01. The van der Waals surface area contributed by atoms with Gasteiger partial charge in [-0.25, -0.2) is 4.99 Å². The number of ether oxygens (including phenoxy) is 1. The molecule has 3 rings (SSSR count). The van der Waals surface area contributed by atoms with E-state index in [1.165, 1.54) is 64.5 Å². The van der Waals surface area contributed by atoms with Crippen LogP contribution in [0.4, 0.5) is 0 Å². The molecule has 0 bridgehead atoms. The van der Waals surface area contributed by atoms with Gasteiger partial charge in [-0.05, 0) is 63.4 Å². The number of rotatable bonds is 9. The summed E-state index contributed by atoms with van der Waals surface area (Å²) in [6.45, 7) is 6.75. The lowest BCUT2D eigenvalue weighted by atomic mass is 9.79. The molecule has 7 nitrogen and oxygen atoms in total. The van der Waals surface area contributed by atoms with Crippen LogP contribution < -0.4 is 21.1 Å². The van der Waals surface area contributed by atoms with Crippen LogP contribution in [-0.2, 0) is 11.3 Å². The minimum Gasteiger partial charge on any atom is -0.484 e. The second-order valence-corrected chi connectivity index (χ2v) is 8.78. The van der Waals surface area contributed by atoms with Crippen molar-refractivity contribution < 1.29 is 9.53 Å². The highest BCUT2D eigenvalue weighted by atomic mass is 127. The quantitative estimate of drug-likeness (QED) is 0.246. The molecule has 0 spiro atoms. The van der Waals surface area contributed by atoms with Gasteiger partial charge in [-0.2, -0.15) is 0 Å². The predicted octanol–water partition coefficient (Wildman–Crippen LogP) is 3.41. The first-order valence-corrected chi connectivity index (χ1v) is 11.9. The number of nitrogens with two attached hydrogens (primary N) is 1. The van der Waals surface area contributed by atoms with Crippen molar-refractivity contribution in [1.82, 2.24) is 15.5 Å². The fourth-order valence-corrected chi connectivity index (χ4v) is 4.83. The average Bonchev–Trinajstić information content (AvgIpc) is 2.81. The van der Waals surface area contributed by atoms with Crippen LogP contribution in [0.3, 0.4) is 0 Å². The van der Waals surface area contributed by atoms with Gasteiger partial charge in [0.1, 0.15) is 5.75 Å². The van der Waals surface area contributed by atoms with E-state index < -0.39 is 5.91 Å². The molecule has 4 N–H and O–H groups in total. The first kappa shape index (κ1) is 26.7. The number of nitrogens with zero attached hydrogens (tertiary/aromatic N) is 2. The van der Waals surface area contributed by atoms with Crippen LogP contribution in [0, 0.1) is 0 Å². The summed E-state index contributed by atoms with van der Waals surface area (Å²) >= 11 is 0. The van der Waals surface area contributed by atoms with Gasteiger partial charge in [0.15, 0.2) is 12.6 Å². The fraction of sp³-hybridized carbons (Fsp3) is 0.667. The van der Waals surface area contributed by atoms with Crippen molar-refractivity contribution in [3.8, 4) is 5.75 Å². The molecule has 1 saturated carbocycles. The lowest BCUT2D eigenvalue weighted by molar-refractivity contribution is -0.119. The number of likely N-dealkylation sites (tertiary alicyclic amines) is 1. The summed E-state index contributed by atoms with van der Waals surface area (Å²) in [5, 5.41) is 7.05. The number of guanidine groups is 1. The van der Waals surface area contributed by atoms with Crippen molar-refractivity contribution in [2.45, 2.75) is 70.4 Å². The maximum Gasteiger partial charge on any atom is 0.255 e. The Labute approximate surface area is 210 Å². The highest BCUT2D eigenvalue weighted by molar-refractivity contribution is 14.0. The molecular weight excluding hydrogens is 517 g/mol. The van der Waals surface area contributed by atoms with Crippen LogP contribution in [0.15, 0.2) is 29.3 Å². The third-order valence-corrected chi connectivity index (χ3v) is 6.44. The highest BCUT2D eigenvalue weighted by Crippen LogP contribution is 2.35. The molecule has 0 unspecified atom stereocenters. The molecule has 1 aromatic rings. The molecule has 1 aliphatic carbocycles. The van der Waals surface area contributed by atoms with Crippen LogP contribution in [0.1, 0.15) is 63.9 Å². The number of carbonyl (C=O) groups is 1. The van der Waals surface area contributed by atoms with Crippen molar-refractivity contribution in [1.29, 1.82) is 0 Å². The molecule has 0 aromatic heterocycles. The monoisotopic (exact) mass is 557 g/mol. The minimum absolute atomic E-state index is 0. The summed E-state index contributed by atoms with van der Waals surface area (Å²) in [7, 11) is 0. The molecule has 1 amide bonds. The Hall–Kier alpha value is -1.55. The van der Waals surface area contributed by atoms with E-state index in [-0.39, 0.29) is 36.1 Å². The van der Waals surface area contributed by atoms with Gasteiger partial charge in [-0.1, -0.05) is 37.8 Å². The number of amides is 1. The minimum atomic E-state index is -0.479. The van der Waals surface area contributed by atoms with E-state index >= 15 is 0 Å². The second-order valence-electron chi connectivity index (χ2n) is 8.78. The number of halogens is 1.